The van der Waals surface area contributed by atoms with Crippen molar-refractivity contribution in [2.45, 2.75) is 46.6 Å². The van der Waals surface area contributed by atoms with E-state index < -0.39 is 11.1 Å². The maximum absolute atomic E-state index is 12.7. The van der Waals surface area contributed by atoms with E-state index >= 15 is 0 Å². The largest absolute Gasteiger partial charge is 0.337 e. The molecule has 0 atom stereocenters. The predicted octanol–water partition coefficient (Wildman–Crippen LogP) is 4.01. The Balaban J connectivity index is 1.60. The molecule has 0 radical (unpaired) electrons. The van der Waals surface area contributed by atoms with Crippen LogP contribution >= 0.6 is 0 Å². The molecule has 0 saturated carbocycles. The maximum atomic E-state index is 12.7. The highest BCUT2D eigenvalue weighted by molar-refractivity contribution is 5.55. The lowest BCUT2D eigenvalue weighted by atomic mass is 9.87. The lowest BCUT2D eigenvalue weighted by molar-refractivity contribution is 0.369. The minimum Gasteiger partial charge on any atom is -0.337 e. The molecule has 0 unspecified atom stereocenters. The molecule has 2 aromatic carbocycles. The van der Waals surface area contributed by atoms with Gasteiger partial charge in [0, 0.05) is 18.0 Å². The Kier molecular flexibility index (Phi) is 5.42. The first kappa shape index (κ1) is 21.5. The van der Waals surface area contributed by atoms with Crippen LogP contribution < -0.4 is 11.1 Å². The van der Waals surface area contributed by atoms with E-state index in [9.17, 15) is 9.59 Å². The average molecular weight is 431 g/mol. The third-order valence-corrected chi connectivity index (χ3v) is 5.47. The first-order valence-electron chi connectivity index (χ1n) is 10.5. The summed E-state index contributed by atoms with van der Waals surface area (Å²) in [6.45, 7) is 10.3. The van der Waals surface area contributed by atoms with Gasteiger partial charge in [-0.1, -0.05) is 62.3 Å². The van der Waals surface area contributed by atoms with Crippen molar-refractivity contribution in [1.29, 1.82) is 0 Å². The smallest absolute Gasteiger partial charge is 0.320 e. The van der Waals surface area contributed by atoms with Gasteiger partial charge in [0.2, 0.25) is 11.7 Å². The van der Waals surface area contributed by atoms with Crippen molar-refractivity contribution < 1.29 is 4.52 Å². The maximum Gasteiger partial charge on any atom is 0.320 e. The molecule has 164 valence electrons. The van der Waals surface area contributed by atoms with Crippen LogP contribution in [0.5, 0.6) is 0 Å². The van der Waals surface area contributed by atoms with E-state index in [1.165, 1.54) is 14.7 Å². The van der Waals surface area contributed by atoms with Crippen LogP contribution in [0.3, 0.4) is 0 Å². The van der Waals surface area contributed by atoms with Crippen molar-refractivity contribution in [1.82, 2.24) is 19.3 Å². The summed E-state index contributed by atoms with van der Waals surface area (Å²) in [5.74, 6) is 0.697. The molecule has 0 N–H and O–H groups in total. The van der Waals surface area contributed by atoms with E-state index in [0.29, 0.717) is 11.5 Å². The summed E-state index contributed by atoms with van der Waals surface area (Å²) in [7, 11) is 0. The zero-order valence-corrected chi connectivity index (χ0v) is 18.9. The minimum absolute atomic E-state index is 0.0226. The van der Waals surface area contributed by atoms with Crippen molar-refractivity contribution in [2.24, 2.45) is 0 Å². The Morgan fingerprint density at radius 3 is 2.34 bits per heavy atom. The highest BCUT2D eigenvalue weighted by Crippen LogP contribution is 2.25. The number of hydrogen-bond donors (Lipinski definition) is 0. The molecule has 7 heteroatoms. The molecular formula is C25H26N4O3. The van der Waals surface area contributed by atoms with E-state index in [2.05, 4.69) is 30.9 Å². The monoisotopic (exact) mass is 430 g/mol. The van der Waals surface area contributed by atoms with Gasteiger partial charge >= 0.3 is 11.1 Å². The van der Waals surface area contributed by atoms with Gasteiger partial charge < -0.3 is 4.52 Å². The van der Waals surface area contributed by atoms with Crippen LogP contribution in [0.15, 0.2) is 69.0 Å². The normalized spacial score (nSPS) is 11.7. The van der Waals surface area contributed by atoms with Crippen LogP contribution in [0, 0.1) is 13.8 Å². The molecule has 0 bridgehead atoms. The van der Waals surface area contributed by atoms with Gasteiger partial charge in [0.05, 0.1) is 5.69 Å². The first-order valence-corrected chi connectivity index (χ1v) is 10.5. The predicted molar refractivity (Wildman–Crippen MR) is 123 cm³/mol. The molecule has 4 aromatic rings. The summed E-state index contributed by atoms with van der Waals surface area (Å²) in [4.78, 5) is 29.9. The summed E-state index contributed by atoms with van der Waals surface area (Å²) in [6, 6.07) is 13.8. The van der Waals surface area contributed by atoms with Crippen LogP contribution in [-0.2, 0) is 12.0 Å². The quantitative estimate of drug-likeness (QED) is 0.457. The second-order valence-corrected chi connectivity index (χ2v) is 9.04. The van der Waals surface area contributed by atoms with Crippen molar-refractivity contribution in [2.75, 3.05) is 0 Å². The number of hydrogen-bond acceptors (Lipinski definition) is 5. The summed E-state index contributed by atoms with van der Waals surface area (Å²) in [5, 5.41) is 4.03. The van der Waals surface area contributed by atoms with Crippen LogP contribution in [-0.4, -0.2) is 19.3 Å². The molecule has 7 nitrogen and oxygen atoms in total. The van der Waals surface area contributed by atoms with Crippen LogP contribution in [0.25, 0.3) is 17.1 Å². The van der Waals surface area contributed by atoms with Crippen LogP contribution in [0.2, 0.25) is 0 Å². The number of aryl methyl sites for hydroxylation is 2. The van der Waals surface area contributed by atoms with Gasteiger partial charge in [0.25, 0.3) is 0 Å². The fraction of sp³-hybridized carbons (Fsp3) is 0.280. The second kappa shape index (κ2) is 8.07. The lowest BCUT2D eigenvalue weighted by Crippen LogP contribution is -2.40. The molecule has 0 amide bonds. The van der Waals surface area contributed by atoms with Crippen LogP contribution in [0.1, 0.15) is 43.4 Å². The Hall–Kier alpha value is -3.74. The van der Waals surface area contributed by atoms with Crippen molar-refractivity contribution in [3.8, 4) is 17.1 Å². The molecule has 0 spiro atoms. The summed E-state index contributed by atoms with van der Waals surface area (Å²) >= 11 is 0. The Morgan fingerprint density at radius 1 is 0.938 bits per heavy atom. The molecule has 2 heterocycles. The molecule has 0 aliphatic carbocycles. The third kappa shape index (κ3) is 4.19. The van der Waals surface area contributed by atoms with Gasteiger partial charge in [-0.05, 0) is 42.0 Å². The zero-order valence-electron chi connectivity index (χ0n) is 18.9. The Bertz CT molecular complexity index is 1390. The van der Waals surface area contributed by atoms with Gasteiger partial charge in [-0.15, -0.1) is 0 Å². The highest BCUT2D eigenvalue weighted by atomic mass is 16.5. The van der Waals surface area contributed by atoms with E-state index in [1.807, 2.05) is 56.3 Å². The average Bonchev–Trinajstić information content (AvgIpc) is 3.22. The summed E-state index contributed by atoms with van der Waals surface area (Å²) in [5.41, 5.74) is 3.43. The number of nitrogens with zero attached hydrogens (tertiary/aromatic N) is 4. The SMILES string of the molecule is Cc1ccc(C)c(-n2ccn(Cc3nc(-c4ccc(C(C)(C)C)cc4)no3)c(=O)c2=O)c1. The molecule has 4 rings (SSSR count). The van der Waals surface area contributed by atoms with E-state index in [-0.39, 0.29) is 17.9 Å². The fourth-order valence-electron chi connectivity index (χ4n) is 3.50. The van der Waals surface area contributed by atoms with Crippen molar-refractivity contribution in [3.63, 3.8) is 0 Å². The highest BCUT2D eigenvalue weighted by Gasteiger charge is 2.16. The Morgan fingerprint density at radius 2 is 1.66 bits per heavy atom. The number of benzene rings is 2. The van der Waals surface area contributed by atoms with Crippen molar-refractivity contribution >= 4 is 0 Å². The Labute approximate surface area is 186 Å². The third-order valence-electron chi connectivity index (χ3n) is 5.47. The van der Waals surface area contributed by atoms with E-state index in [0.717, 1.165) is 16.7 Å². The zero-order chi connectivity index (χ0) is 23.0. The molecule has 32 heavy (non-hydrogen) atoms. The summed E-state index contributed by atoms with van der Waals surface area (Å²) in [6.07, 6.45) is 3.15. The van der Waals surface area contributed by atoms with Gasteiger partial charge in [0.15, 0.2) is 0 Å². The minimum atomic E-state index is -0.650. The molecule has 0 aliphatic rings. The van der Waals surface area contributed by atoms with Gasteiger partial charge in [-0.25, -0.2) is 0 Å². The fourth-order valence-corrected chi connectivity index (χ4v) is 3.50. The molecular weight excluding hydrogens is 404 g/mol. The molecule has 2 aromatic heterocycles. The van der Waals surface area contributed by atoms with Crippen molar-refractivity contribution in [3.05, 3.63) is 98.1 Å². The summed E-state index contributed by atoms with van der Waals surface area (Å²) < 4.78 is 7.99. The lowest BCUT2D eigenvalue weighted by Gasteiger charge is -2.18. The van der Waals surface area contributed by atoms with Gasteiger partial charge in [-0.3, -0.25) is 18.7 Å². The van der Waals surface area contributed by atoms with E-state index in [4.69, 9.17) is 4.52 Å². The second-order valence-electron chi connectivity index (χ2n) is 9.04. The number of aromatic nitrogens is 4. The van der Waals surface area contributed by atoms with Gasteiger partial charge in [0.1, 0.15) is 6.54 Å². The number of rotatable bonds is 4. The molecule has 0 aliphatic heterocycles. The topological polar surface area (TPSA) is 82.9 Å². The van der Waals surface area contributed by atoms with E-state index in [1.54, 1.807) is 12.4 Å². The standard InChI is InChI=1S/C25H26N4O3/c1-16-6-7-17(2)20(14-16)29-13-12-28(23(30)24(29)31)15-21-26-22(27-32-21)18-8-10-19(11-9-18)25(3,4)5/h6-14H,15H2,1-5H3. The molecule has 0 fully saturated rings. The van der Waals surface area contributed by atoms with Gasteiger partial charge in [-0.2, -0.15) is 4.98 Å². The molecule has 0 saturated heterocycles. The van der Waals surface area contributed by atoms with Crippen LogP contribution in [0.4, 0.5) is 0 Å². The first-order chi connectivity index (χ1) is 15.1.